The summed E-state index contributed by atoms with van der Waals surface area (Å²) in [5.74, 6) is -1.19. The zero-order valence-electron chi connectivity index (χ0n) is 15.0. The van der Waals surface area contributed by atoms with Gasteiger partial charge in [-0.25, -0.2) is 4.79 Å². The molecule has 0 aliphatic heterocycles. The Kier molecular flexibility index (Phi) is 5.15. The van der Waals surface area contributed by atoms with E-state index in [1.165, 1.54) is 4.57 Å². The van der Waals surface area contributed by atoms with Crippen LogP contribution < -0.4 is 11.0 Å². The molecule has 0 atom stereocenters. The second-order valence-corrected chi connectivity index (χ2v) is 7.02. The number of nitrogens with one attached hydrogen (secondary N) is 1. The lowest BCUT2D eigenvalue weighted by molar-refractivity contribution is -0.151. The summed E-state index contributed by atoms with van der Waals surface area (Å²) in [7, 11) is 0. The number of carbonyl (C=O) groups is 2. The molecule has 26 heavy (non-hydrogen) atoms. The van der Waals surface area contributed by atoms with Crippen LogP contribution in [0.3, 0.4) is 0 Å². The molecule has 0 bridgehead atoms. The van der Waals surface area contributed by atoms with Crippen LogP contribution in [0.2, 0.25) is 0 Å². The Balaban J connectivity index is 1.77. The van der Waals surface area contributed by atoms with Crippen molar-refractivity contribution in [2.75, 3.05) is 6.54 Å². The number of carboxylic acid groups (broad SMARTS) is 1. The number of carbonyl (C=O) groups excluding carboxylic acids is 1. The Morgan fingerprint density at radius 1 is 1.12 bits per heavy atom. The summed E-state index contributed by atoms with van der Waals surface area (Å²) in [6.07, 6.45) is 3.93. The van der Waals surface area contributed by atoms with E-state index in [0.29, 0.717) is 24.9 Å². The van der Waals surface area contributed by atoms with Crippen molar-refractivity contribution in [1.29, 1.82) is 0 Å². The lowest BCUT2D eigenvalue weighted by atomic mass is 9.74. The van der Waals surface area contributed by atoms with E-state index < -0.39 is 11.4 Å². The van der Waals surface area contributed by atoms with Gasteiger partial charge in [-0.1, -0.05) is 31.4 Å². The zero-order valence-corrected chi connectivity index (χ0v) is 15.0. The number of hydrogen-bond donors (Lipinski definition) is 2. The van der Waals surface area contributed by atoms with Crippen LogP contribution >= 0.6 is 0 Å². The third-order valence-electron chi connectivity index (χ3n) is 5.43. The molecule has 2 aromatic rings. The number of nitrogens with zero attached hydrogens (tertiary/aromatic N) is 2. The maximum Gasteiger partial charge on any atom is 0.329 e. The number of fused-ring (bicyclic) bond motifs is 1. The van der Waals surface area contributed by atoms with Crippen molar-refractivity contribution in [2.45, 2.75) is 52.1 Å². The van der Waals surface area contributed by atoms with Gasteiger partial charge in [0, 0.05) is 13.1 Å². The second-order valence-electron chi connectivity index (χ2n) is 7.02. The van der Waals surface area contributed by atoms with Crippen molar-refractivity contribution in [3.05, 3.63) is 34.7 Å². The molecule has 1 aliphatic rings. The molecule has 1 heterocycles. The maximum absolute atomic E-state index is 12.6. The largest absolute Gasteiger partial charge is 0.481 e. The molecule has 1 aromatic heterocycles. The number of benzene rings is 1. The molecular formula is C19H25N3O4. The maximum atomic E-state index is 12.6. The third kappa shape index (κ3) is 3.25. The minimum absolute atomic E-state index is 0.109. The summed E-state index contributed by atoms with van der Waals surface area (Å²) < 4.78 is 3.07. The summed E-state index contributed by atoms with van der Waals surface area (Å²) in [6, 6.07) is 7.36. The first-order valence-corrected chi connectivity index (χ1v) is 9.17. The van der Waals surface area contributed by atoms with Crippen LogP contribution in [0, 0.1) is 5.41 Å². The minimum atomic E-state index is -0.879. The van der Waals surface area contributed by atoms with Gasteiger partial charge in [0.1, 0.15) is 6.54 Å². The first-order chi connectivity index (χ1) is 12.5. The highest BCUT2D eigenvalue weighted by Crippen LogP contribution is 2.36. The highest BCUT2D eigenvalue weighted by Gasteiger charge is 2.39. The van der Waals surface area contributed by atoms with Crippen LogP contribution in [0.1, 0.15) is 39.0 Å². The van der Waals surface area contributed by atoms with Gasteiger partial charge in [-0.05, 0) is 31.9 Å². The number of imidazole rings is 1. The average molecular weight is 359 g/mol. The monoisotopic (exact) mass is 359 g/mol. The number of aryl methyl sites for hydroxylation is 1. The molecular weight excluding hydrogens is 334 g/mol. The van der Waals surface area contributed by atoms with Gasteiger partial charge in [0.15, 0.2) is 0 Å². The van der Waals surface area contributed by atoms with Gasteiger partial charge >= 0.3 is 11.7 Å². The zero-order chi connectivity index (χ0) is 18.7. The molecule has 1 aromatic carbocycles. The van der Waals surface area contributed by atoms with E-state index in [2.05, 4.69) is 5.32 Å². The molecule has 1 amide bonds. The highest BCUT2D eigenvalue weighted by molar-refractivity contribution is 5.82. The fraction of sp³-hybridized carbons (Fsp3) is 0.526. The Hall–Kier alpha value is -2.57. The predicted molar refractivity (Wildman–Crippen MR) is 98.0 cm³/mol. The van der Waals surface area contributed by atoms with Crippen molar-refractivity contribution in [2.24, 2.45) is 5.41 Å². The number of para-hydroxylation sites is 2. The van der Waals surface area contributed by atoms with E-state index in [0.717, 1.165) is 24.8 Å². The van der Waals surface area contributed by atoms with E-state index in [4.69, 9.17) is 0 Å². The molecule has 1 aliphatic carbocycles. The topological polar surface area (TPSA) is 93.3 Å². The molecule has 1 fully saturated rings. The fourth-order valence-corrected chi connectivity index (χ4v) is 3.89. The number of aromatic nitrogens is 2. The number of hydrogen-bond acceptors (Lipinski definition) is 3. The summed E-state index contributed by atoms with van der Waals surface area (Å²) >= 11 is 0. The van der Waals surface area contributed by atoms with Gasteiger partial charge in [0.25, 0.3) is 0 Å². The quantitative estimate of drug-likeness (QED) is 0.825. The fourth-order valence-electron chi connectivity index (χ4n) is 3.89. The van der Waals surface area contributed by atoms with Gasteiger partial charge in [-0.3, -0.25) is 18.7 Å². The van der Waals surface area contributed by atoms with E-state index in [1.54, 1.807) is 4.57 Å². The SMILES string of the molecule is CCn1c(=O)n(CC(=O)NCC2(C(=O)O)CCCCC2)c2ccccc21. The smallest absolute Gasteiger partial charge is 0.329 e. The van der Waals surface area contributed by atoms with Crippen molar-refractivity contribution in [3.8, 4) is 0 Å². The molecule has 0 saturated heterocycles. The van der Waals surface area contributed by atoms with Crippen molar-refractivity contribution in [3.63, 3.8) is 0 Å². The van der Waals surface area contributed by atoms with Crippen LogP contribution in [0.25, 0.3) is 11.0 Å². The first-order valence-electron chi connectivity index (χ1n) is 9.17. The van der Waals surface area contributed by atoms with Crippen molar-refractivity contribution in [1.82, 2.24) is 14.5 Å². The van der Waals surface area contributed by atoms with Gasteiger partial charge in [-0.15, -0.1) is 0 Å². The Morgan fingerprint density at radius 3 is 2.31 bits per heavy atom. The molecule has 7 nitrogen and oxygen atoms in total. The van der Waals surface area contributed by atoms with E-state index in [1.807, 2.05) is 31.2 Å². The number of rotatable bonds is 6. The van der Waals surface area contributed by atoms with E-state index >= 15 is 0 Å². The van der Waals surface area contributed by atoms with Crippen LogP contribution in [-0.4, -0.2) is 32.7 Å². The van der Waals surface area contributed by atoms with Gasteiger partial charge in [-0.2, -0.15) is 0 Å². The molecule has 140 valence electrons. The molecule has 1 saturated carbocycles. The summed E-state index contributed by atoms with van der Waals surface area (Å²) in [5, 5.41) is 12.4. The van der Waals surface area contributed by atoms with Gasteiger partial charge in [0.2, 0.25) is 5.91 Å². The molecule has 7 heteroatoms. The van der Waals surface area contributed by atoms with Gasteiger partial charge in [0.05, 0.1) is 16.4 Å². The summed E-state index contributed by atoms with van der Waals surface area (Å²) in [6.45, 7) is 2.42. The Labute approximate surface area is 151 Å². The van der Waals surface area contributed by atoms with Crippen LogP contribution in [0.15, 0.2) is 29.1 Å². The lowest BCUT2D eigenvalue weighted by Gasteiger charge is -2.33. The van der Waals surface area contributed by atoms with E-state index in [-0.39, 0.29) is 24.7 Å². The Morgan fingerprint density at radius 2 is 1.73 bits per heavy atom. The standard InChI is InChI=1S/C19H25N3O4/c1-2-21-14-8-4-5-9-15(14)22(18(21)26)12-16(23)20-13-19(17(24)25)10-6-3-7-11-19/h4-5,8-9H,2-3,6-7,10-13H2,1H3,(H,20,23)(H,24,25). The molecule has 3 rings (SSSR count). The third-order valence-corrected chi connectivity index (χ3v) is 5.43. The summed E-state index contributed by atoms with van der Waals surface area (Å²) in [4.78, 5) is 36.7. The molecule has 0 radical (unpaired) electrons. The van der Waals surface area contributed by atoms with E-state index in [9.17, 15) is 19.5 Å². The highest BCUT2D eigenvalue weighted by atomic mass is 16.4. The first kappa shape index (κ1) is 18.2. The van der Waals surface area contributed by atoms with Crippen LogP contribution in [0.5, 0.6) is 0 Å². The second kappa shape index (κ2) is 7.35. The average Bonchev–Trinajstić information content (AvgIpc) is 2.92. The van der Waals surface area contributed by atoms with Crippen molar-refractivity contribution < 1.29 is 14.7 Å². The molecule has 0 spiro atoms. The number of carboxylic acids is 1. The van der Waals surface area contributed by atoms with Gasteiger partial charge < -0.3 is 10.4 Å². The number of aliphatic carboxylic acids is 1. The molecule has 2 N–H and O–H groups in total. The van der Waals surface area contributed by atoms with Crippen LogP contribution in [0.4, 0.5) is 0 Å². The van der Waals surface area contributed by atoms with Crippen LogP contribution in [-0.2, 0) is 22.7 Å². The Bertz CT molecular complexity index is 875. The minimum Gasteiger partial charge on any atom is -0.481 e. The molecule has 0 unspecified atom stereocenters. The van der Waals surface area contributed by atoms with Crippen molar-refractivity contribution >= 4 is 22.9 Å². The summed E-state index contributed by atoms with van der Waals surface area (Å²) in [5.41, 5.74) is 0.396. The number of amides is 1. The predicted octanol–water partition coefficient (Wildman–Crippen LogP) is 1.97. The lowest BCUT2D eigenvalue weighted by Crippen LogP contribution is -2.45. The normalized spacial score (nSPS) is 16.5.